The average molecular weight is 227 g/mol. The van der Waals surface area contributed by atoms with E-state index in [0.29, 0.717) is 5.52 Å². The number of benzene rings is 1. The molecule has 1 aromatic carbocycles. The first kappa shape index (κ1) is 10.5. The molecule has 0 fully saturated rings. The molecule has 1 heterocycles. The third kappa shape index (κ3) is 1.32. The SMILES string of the molecule is Cn1nnc2c(C(F)(F)C(=O)O)cccc21. The number of carboxylic acids is 1. The van der Waals surface area contributed by atoms with Crippen LogP contribution in [0.2, 0.25) is 0 Å². The third-order valence-corrected chi connectivity index (χ3v) is 2.25. The number of aryl methyl sites for hydroxylation is 1. The lowest BCUT2D eigenvalue weighted by molar-refractivity contribution is -0.166. The van der Waals surface area contributed by atoms with E-state index in [9.17, 15) is 13.6 Å². The van der Waals surface area contributed by atoms with Crippen LogP contribution in [0.4, 0.5) is 8.78 Å². The van der Waals surface area contributed by atoms with E-state index in [1.54, 1.807) is 0 Å². The van der Waals surface area contributed by atoms with Gasteiger partial charge in [0.05, 0.1) is 11.1 Å². The Morgan fingerprint density at radius 1 is 1.50 bits per heavy atom. The molecule has 2 aromatic rings. The molecule has 0 aliphatic heterocycles. The van der Waals surface area contributed by atoms with E-state index in [4.69, 9.17) is 5.11 Å². The molecule has 84 valence electrons. The topological polar surface area (TPSA) is 68.0 Å². The summed E-state index contributed by atoms with van der Waals surface area (Å²) in [6.07, 6.45) is 0. The van der Waals surface area contributed by atoms with Crippen LogP contribution in [0.5, 0.6) is 0 Å². The smallest absolute Gasteiger partial charge is 0.379 e. The van der Waals surface area contributed by atoms with Crippen LogP contribution in [0.1, 0.15) is 5.56 Å². The van der Waals surface area contributed by atoms with Crippen molar-refractivity contribution in [2.75, 3.05) is 0 Å². The van der Waals surface area contributed by atoms with Gasteiger partial charge in [-0.25, -0.2) is 9.48 Å². The lowest BCUT2D eigenvalue weighted by Crippen LogP contribution is -2.25. The van der Waals surface area contributed by atoms with E-state index in [1.165, 1.54) is 23.9 Å². The van der Waals surface area contributed by atoms with Gasteiger partial charge in [-0.05, 0) is 12.1 Å². The molecule has 0 bridgehead atoms. The number of halogens is 2. The highest BCUT2D eigenvalue weighted by Crippen LogP contribution is 2.32. The molecule has 0 radical (unpaired) electrons. The number of hydrogen-bond acceptors (Lipinski definition) is 3. The molecule has 1 N–H and O–H groups in total. The number of rotatable bonds is 2. The first-order chi connectivity index (χ1) is 7.44. The van der Waals surface area contributed by atoms with Crippen molar-refractivity contribution in [3.8, 4) is 0 Å². The largest absolute Gasteiger partial charge is 0.477 e. The summed E-state index contributed by atoms with van der Waals surface area (Å²) in [5.41, 5.74) is -0.388. The summed E-state index contributed by atoms with van der Waals surface area (Å²) in [6, 6.07) is 3.92. The number of carboxylic acid groups (broad SMARTS) is 1. The van der Waals surface area contributed by atoms with Crippen LogP contribution >= 0.6 is 0 Å². The Kier molecular flexibility index (Phi) is 2.11. The van der Waals surface area contributed by atoms with E-state index in [-0.39, 0.29) is 5.52 Å². The first-order valence-electron chi connectivity index (χ1n) is 4.34. The Morgan fingerprint density at radius 3 is 2.81 bits per heavy atom. The number of hydrogen-bond donors (Lipinski definition) is 1. The molecule has 0 aliphatic rings. The zero-order chi connectivity index (χ0) is 11.9. The van der Waals surface area contributed by atoms with Crippen molar-refractivity contribution < 1.29 is 18.7 Å². The Hall–Kier alpha value is -2.05. The van der Waals surface area contributed by atoms with E-state index < -0.39 is 17.5 Å². The molecule has 1 aromatic heterocycles. The van der Waals surface area contributed by atoms with Crippen LogP contribution in [0.25, 0.3) is 11.0 Å². The number of aliphatic carboxylic acids is 1. The number of fused-ring (bicyclic) bond motifs is 1. The summed E-state index contributed by atoms with van der Waals surface area (Å²) in [5, 5.41) is 15.6. The summed E-state index contributed by atoms with van der Waals surface area (Å²) in [5.74, 6) is -6.17. The number of alkyl halides is 2. The van der Waals surface area contributed by atoms with E-state index in [0.717, 1.165) is 6.07 Å². The quantitative estimate of drug-likeness (QED) is 0.835. The van der Waals surface area contributed by atoms with Gasteiger partial charge in [0, 0.05) is 7.05 Å². The van der Waals surface area contributed by atoms with Gasteiger partial charge in [-0.2, -0.15) is 8.78 Å². The Labute approximate surface area is 88.3 Å². The number of carbonyl (C=O) groups is 1. The Morgan fingerprint density at radius 2 is 2.19 bits per heavy atom. The van der Waals surface area contributed by atoms with Crippen molar-refractivity contribution >= 4 is 17.0 Å². The van der Waals surface area contributed by atoms with E-state index >= 15 is 0 Å². The highest BCUT2D eigenvalue weighted by molar-refractivity contribution is 5.86. The minimum Gasteiger partial charge on any atom is -0.477 e. The molecule has 0 amide bonds. The van der Waals surface area contributed by atoms with Crippen molar-refractivity contribution in [3.05, 3.63) is 23.8 Å². The molecular formula is C9H7F2N3O2. The van der Waals surface area contributed by atoms with Crippen molar-refractivity contribution in [3.63, 3.8) is 0 Å². The molecule has 0 unspecified atom stereocenters. The van der Waals surface area contributed by atoms with Gasteiger partial charge in [-0.3, -0.25) is 0 Å². The predicted octanol–water partition coefficient (Wildman–Crippen LogP) is 1.14. The normalized spacial score (nSPS) is 11.9. The molecule has 0 saturated carbocycles. The fraction of sp³-hybridized carbons (Fsp3) is 0.222. The molecule has 2 rings (SSSR count). The Bertz CT molecular complexity index is 565. The molecule has 7 heteroatoms. The number of aromatic nitrogens is 3. The lowest BCUT2D eigenvalue weighted by atomic mass is 10.1. The summed E-state index contributed by atoms with van der Waals surface area (Å²) in [6.45, 7) is 0. The summed E-state index contributed by atoms with van der Waals surface area (Å²) >= 11 is 0. The Balaban J connectivity index is 2.75. The predicted molar refractivity (Wildman–Crippen MR) is 50.0 cm³/mol. The standard InChI is InChI=1S/C9H7F2N3O2/c1-14-6-4-2-3-5(7(6)12-13-14)9(10,11)8(15)16/h2-4H,1H3,(H,15,16). The maximum atomic E-state index is 13.3. The zero-order valence-corrected chi connectivity index (χ0v) is 8.19. The maximum absolute atomic E-state index is 13.3. The molecule has 0 spiro atoms. The van der Waals surface area contributed by atoms with Gasteiger partial charge in [0.25, 0.3) is 0 Å². The van der Waals surface area contributed by atoms with Crippen molar-refractivity contribution in [1.82, 2.24) is 15.0 Å². The van der Waals surface area contributed by atoms with Gasteiger partial charge in [-0.1, -0.05) is 11.3 Å². The van der Waals surface area contributed by atoms with Crippen LogP contribution < -0.4 is 0 Å². The fourth-order valence-corrected chi connectivity index (χ4v) is 1.43. The zero-order valence-electron chi connectivity index (χ0n) is 8.19. The molecule has 16 heavy (non-hydrogen) atoms. The van der Waals surface area contributed by atoms with Crippen LogP contribution in [0.15, 0.2) is 18.2 Å². The van der Waals surface area contributed by atoms with Crippen LogP contribution in [0, 0.1) is 0 Å². The van der Waals surface area contributed by atoms with Crippen LogP contribution in [-0.2, 0) is 17.8 Å². The first-order valence-corrected chi connectivity index (χ1v) is 4.34. The van der Waals surface area contributed by atoms with Gasteiger partial charge < -0.3 is 5.11 Å². The molecule has 0 saturated heterocycles. The highest BCUT2D eigenvalue weighted by Gasteiger charge is 2.43. The van der Waals surface area contributed by atoms with E-state index in [2.05, 4.69) is 10.3 Å². The molecule has 0 aliphatic carbocycles. The second-order valence-corrected chi connectivity index (χ2v) is 3.27. The molecule has 5 nitrogen and oxygen atoms in total. The number of nitrogens with zero attached hydrogens (tertiary/aromatic N) is 3. The maximum Gasteiger partial charge on any atom is 0.379 e. The monoisotopic (exact) mass is 227 g/mol. The summed E-state index contributed by atoms with van der Waals surface area (Å²) in [7, 11) is 1.54. The van der Waals surface area contributed by atoms with Gasteiger partial charge in [0.15, 0.2) is 0 Å². The molecule has 0 atom stereocenters. The van der Waals surface area contributed by atoms with Crippen molar-refractivity contribution in [1.29, 1.82) is 0 Å². The fourth-order valence-electron chi connectivity index (χ4n) is 1.43. The minimum absolute atomic E-state index is 0.0996. The second kappa shape index (κ2) is 3.22. The summed E-state index contributed by atoms with van der Waals surface area (Å²) in [4.78, 5) is 10.5. The van der Waals surface area contributed by atoms with Gasteiger partial charge in [0.2, 0.25) is 0 Å². The van der Waals surface area contributed by atoms with Crippen LogP contribution in [-0.4, -0.2) is 26.1 Å². The second-order valence-electron chi connectivity index (χ2n) is 3.27. The lowest BCUT2D eigenvalue weighted by Gasteiger charge is -2.11. The average Bonchev–Trinajstić information content (AvgIpc) is 2.60. The van der Waals surface area contributed by atoms with Gasteiger partial charge >= 0.3 is 11.9 Å². The van der Waals surface area contributed by atoms with Gasteiger partial charge in [-0.15, -0.1) is 5.10 Å². The molecular weight excluding hydrogens is 220 g/mol. The van der Waals surface area contributed by atoms with Crippen molar-refractivity contribution in [2.24, 2.45) is 7.05 Å². The van der Waals surface area contributed by atoms with Crippen molar-refractivity contribution in [2.45, 2.75) is 5.92 Å². The van der Waals surface area contributed by atoms with Crippen LogP contribution in [0.3, 0.4) is 0 Å². The highest BCUT2D eigenvalue weighted by atomic mass is 19.3. The van der Waals surface area contributed by atoms with E-state index in [1.807, 2.05) is 0 Å². The minimum atomic E-state index is -3.96. The third-order valence-electron chi connectivity index (χ3n) is 2.25. The van der Waals surface area contributed by atoms with Gasteiger partial charge in [0.1, 0.15) is 5.52 Å². The summed E-state index contributed by atoms with van der Waals surface area (Å²) < 4.78 is 28.0.